The number of aromatic amines is 1. The first-order valence-corrected chi connectivity index (χ1v) is 9.43. The Bertz CT molecular complexity index is 1090. The zero-order chi connectivity index (χ0) is 21.3. The van der Waals surface area contributed by atoms with Gasteiger partial charge in [-0.15, -0.1) is 0 Å². The van der Waals surface area contributed by atoms with E-state index in [-0.39, 0.29) is 11.6 Å². The molecule has 0 spiro atoms. The molecule has 152 valence electrons. The third-order valence-electron chi connectivity index (χ3n) is 4.81. The van der Waals surface area contributed by atoms with E-state index in [9.17, 15) is 9.90 Å². The number of carbonyl (C=O) groups excluding carboxylic acids is 1. The monoisotopic (exact) mass is 414 g/mol. The number of nitrogens with one attached hydrogen (secondary N) is 4. The number of hydrogen-bond donors (Lipinski definition) is 5. The molecule has 0 radical (unpaired) electrons. The number of nitrogens with zero attached hydrogens (tertiary/aromatic N) is 2. The van der Waals surface area contributed by atoms with E-state index >= 15 is 0 Å². The molecule has 29 heavy (non-hydrogen) atoms. The highest BCUT2D eigenvalue weighted by atomic mass is 35.5. The van der Waals surface area contributed by atoms with E-state index in [0.717, 1.165) is 0 Å². The van der Waals surface area contributed by atoms with Gasteiger partial charge >= 0.3 is 0 Å². The Morgan fingerprint density at radius 1 is 1.34 bits per heavy atom. The molecule has 9 heteroatoms. The summed E-state index contributed by atoms with van der Waals surface area (Å²) in [7, 11) is 1.75. The number of aromatic nitrogens is 3. The van der Waals surface area contributed by atoms with E-state index in [1.807, 2.05) is 0 Å². The topological polar surface area (TPSA) is 127 Å². The first-order valence-electron chi connectivity index (χ1n) is 9.05. The van der Waals surface area contributed by atoms with E-state index < -0.39 is 11.6 Å². The SMILES string of the molecule is CNc1cc(Cl)ccc1C(=N)c1cnc2[nH]cc(C(=O)N[C@H](C)C(C)(C)O)c2n1. The van der Waals surface area contributed by atoms with Crippen molar-refractivity contribution in [3.05, 3.63) is 52.4 Å². The van der Waals surface area contributed by atoms with E-state index in [1.54, 1.807) is 46.0 Å². The molecule has 0 saturated heterocycles. The van der Waals surface area contributed by atoms with Crippen LogP contribution in [0.4, 0.5) is 5.69 Å². The Hall–Kier alpha value is -2.97. The molecule has 0 aliphatic heterocycles. The lowest BCUT2D eigenvalue weighted by Gasteiger charge is -2.26. The van der Waals surface area contributed by atoms with E-state index in [2.05, 4.69) is 25.6 Å². The number of aliphatic hydroxyl groups is 1. The number of benzene rings is 1. The van der Waals surface area contributed by atoms with Crippen molar-refractivity contribution in [2.45, 2.75) is 32.4 Å². The highest BCUT2D eigenvalue weighted by Crippen LogP contribution is 2.24. The Morgan fingerprint density at radius 2 is 2.07 bits per heavy atom. The van der Waals surface area contributed by atoms with Gasteiger partial charge in [-0.1, -0.05) is 11.6 Å². The Kier molecular flexibility index (Phi) is 5.59. The largest absolute Gasteiger partial charge is 0.388 e. The standard InChI is InChI=1S/C20H23ClN6O2/c1-10(20(2,3)29)26-19(28)13-8-24-18-17(13)27-15(9-25-18)16(22)12-6-5-11(21)7-14(12)23-4/h5-10,22-23,29H,1-4H3,(H,24,25)(H,26,28)/t10-/m1/s1. The molecule has 0 unspecified atom stereocenters. The fourth-order valence-electron chi connectivity index (χ4n) is 2.72. The zero-order valence-corrected chi connectivity index (χ0v) is 17.3. The number of fused-ring (bicyclic) bond motifs is 1. The summed E-state index contributed by atoms with van der Waals surface area (Å²) in [5, 5.41) is 25.0. The molecule has 0 bridgehead atoms. The smallest absolute Gasteiger partial charge is 0.255 e. The molecule has 0 fully saturated rings. The summed E-state index contributed by atoms with van der Waals surface area (Å²) in [6.45, 7) is 4.97. The molecular weight excluding hydrogens is 392 g/mol. The number of amides is 1. The molecule has 0 saturated carbocycles. The molecule has 2 aromatic heterocycles. The zero-order valence-electron chi connectivity index (χ0n) is 16.6. The van der Waals surface area contributed by atoms with Gasteiger partial charge in [-0.05, 0) is 39.0 Å². The Balaban J connectivity index is 1.97. The first-order chi connectivity index (χ1) is 13.6. The molecule has 2 heterocycles. The summed E-state index contributed by atoms with van der Waals surface area (Å²) in [6.07, 6.45) is 3.00. The number of anilines is 1. The quantitative estimate of drug-likeness (QED) is 0.396. The van der Waals surface area contributed by atoms with Crippen LogP contribution in [0.25, 0.3) is 11.2 Å². The predicted octanol–water partition coefficient (Wildman–Crippen LogP) is 2.96. The lowest BCUT2D eigenvalue weighted by atomic mass is 10.0. The lowest BCUT2D eigenvalue weighted by Crippen LogP contribution is -2.47. The van der Waals surface area contributed by atoms with Crippen molar-refractivity contribution in [1.29, 1.82) is 5.41 Å². The van der Waals surface area contributed by atoms with Crippen molar-refractivity contribution in [2.24, 2.45) is 0 Å². The van der Waals surface area contributed by atoms with Crippen molar-refractivity contribution < 1.29 is 9.90 Å². The second-order valence-corrected chi connectivity index (χ2v) is 7.75. The van der Waals surface area contributed by atoms with Gasteiger partial charge in [0.25, 0.3) is 5.91 Å². The van der Waals surface area contributed by atoms with Crippen molar-refractivity contribution >= 4 is 40.1 Å². The molecule has 8 nitrogen and oxygen atoms in total. The maximum atomic E-state index is 12.7. The highest BCUT2D eigenvalue weighted by molar-refractivity contribution is 6.31. The normalized spacial score (nSPS) is 12.6. The van der Waals surface area contributed by atoms with Crippen LogP contribution in [0.2, 0.25) is 5.02 Å². The number of rotatable bonds is 6. The van der Waals surface area contributed by atoms with Gasteiger partial charge in [0.1, 0.15) is 11.2 Å². The van der Waals surface area contributed by atoms with Gasteiger partial charge in [0.05, 0.1) is 29.1 Å². The molecule has 1 aromatic carbocycles. The molecule has 5 N–H and O–H groups in total. The molecule has 1 atom stereocenters. The van der Waals surface area contributed by atoms with Gasteiger partial charge in [0.2, 0.25) is 0 Å². The second-order valence-electron chi connectivity index (χ2n) is 7.32. The number of H-pyrrole nitrogens is 1. The van der Waals surface area contributed by atoms with Crippen LogP contribution in [-0.2, 0) is 0 Å². The molecule has 0 aliphatic carbocycles. The third-order valence-corrected chi connectivity index (χ3v) is 5.04. The molecule has 0 aliphatic rings. The summed E-state index contributed by atoms with van der Waals surface area (Å²) < 4.78 is 0. The molecule has 3 aromatic rings. The van der Waals surface area contributed by atoms with Gasteiger partial charge in [-0.25, -0.2) is 9.97 Å². The lowest BCUT2D eigenvalue weighted by molar-refractivity contribution is 0.0409. The van der Waals surface area contributed by atoms with Crippen molar-refractivity contribution in [3.63, 3.8) is 0 Å². The van der Waals surface area contributed by atoms with Gasteiger partial charge in [-0.2, -0.15) is 0 Å². The molecule has 1 amide bonds. The summed E-state index contributed by atoms with van der Waals surface area (Å²) in [5.41, 5.74) is 1.79. The van der Waals surface area contributed by atoms with Crippen molar-refractivity contribution in [3.8, 4) is 0 Å². The van der Waals surface area contributed by atoms with Crippen molar-refractivity contribution in [2.75, 3.05) is 12.4 Å². The van der Waals surface area contributed by atoms with Crippen LogP contribution in [0.1, 0.15) is 42.4 Å². The van der Waals surface area contributed by atoms with Crippen LogP contribution in [-0.4, -0.2) is 50.4 Å². The average molecular weight is 415 g/mol. The average Bonchev–Trinajstić information content (AvgIpc) is 3.09. The Labute approximate surface area is 173 Å². The number of halogens is 1. The van der Waals surface area contributed by atoms with Crippen LogP contribution < -0.4 is 10.6 Å². The minimum atomic E-state index is -1.07. The van der Waals surface area contributed by atoms with Crippen LogP contribution in [0.15, 0.2) is 30.6 Å². The van der Waals surface area contributed by atoms with Gasteiger partial charge in [0.15, 0.2) is 5.65 Å². The third kappa shape index (κ3) is 4.23. The maximum absolute atomic E-state index is 12.7. The maximum Gasteiger partial charge on any atom is 0.255 e. The van der Waals surface area contributed by atoms with Gasteiger partial charge in [-0.3, -0.25) is 10.2 Å². The summed E-state index contributed by atoms with van der Waals surface area (Å²) in [6, 6.07) is 4.69. The first kappa shape index (κ1) is 20.8. The van der Waals surface area contributed by atoms with E-state index in [0.29, 0.717) is 38.7 Å². The van der Waals surface area contributed by atoms with Gasteiger partial charge in [0, 0.05) is 29.5 Å². The molecule has 3 rings (SSSR count). The van der Waals surface area contributed by atoms with Crippen LogP contribution in [0.5, 0.6) is 0 Å². The fourth-order valence-corrected chi connectivity index (χ4v) is 2.89. The van der Waals surface area contributed by atoms with Crippen molar-refractivity contribution in [1.82, 2.24) is 20.3 Å². The number of hydrogen-bond acceptors (Lipinski definition) is 6. The van der Waals surface area contributed by atoms with Crippen LogP contribution in [0, 0.1) is 5.41 Å². The highest BCUT2D eigenvalue weighted by Gasteiger charge is 2.26. The number of carbonyl (C=O) groups is 1. The predicted molar refractivity (Wildman–Crippen MR) is 114 cm³/mol. The van der Waals surface area contributed by atoms with Crippen LogP contribution >= 0.6 is 11.6 Å². The summed E-state index contributed by atoms with van der Waals surface area (Å²) in [4.78, 5) is 24.4. The second kappa shape index (κ2) is 7.81. The van der Waals surface area contributed by atoms with E-state index in [1.165, 1.54) is 12.4 Å². The Morgan fingerprint density at radius 3 is 2.72 bits per heavy atom. The van der Waals surface area contributed by atoms with E-state index in [4.69, 9.17) is 17.0 Å². The summed E-state index contributed by atoms with van der Waals surface area (Å²) >= 11 is 6.03. The fraction of sp³-hybridized carbons (Fsp3) is 0.300. The van der Waals surface area contributed by atoms with Gasteiger partial charge < -0.3 is 20.7 Å². The minimum absolute atomic E-state index is 0.151. The van der Waals surface area contributed by atoms with Crippen LogP contribution in [0.3, 0.4) is 0 Å². The summed E-state index contributed by atoms with van der Waals surface area (Å²) in [5.74, 6) is -0.383. The molecular formula is C20H23ClN6O2. The minimum Gasteiger partial charge on any atom is -0.388 e.